The summed E-state index contributed by atoms with van der Waals surface area (Å²) in [4.78, 5) is 26.7. The van der Waals surface area contributed by atoms with Crippen LogP contribution in [0.15, 0.2) is 24.5 Å². The molecule has 1 aliphatic carbocycles. The Morgan fingerprint density at radius 1 is 1.31 bits per heavy atom. The Hall–Kier alpha value is -1.90. The first kappa shape index (κ1) is 21.9. The number of amides is 1. The molecule has 1 saturated heterocycles. The Morgan fingerprint density at radius 3 is 2.75 bits per heavy atom. The number of halogens is 2. The predicted octanol–water partition coefficient (Wildman–Crippen LogP) is 3.89. The van der Waals surface area contributed by atoms with Gasteiger partial charge in [-0.3, -0.25) is 4.79 Å². The molecule has 1 amide bonds. The van der Waals surface area contributed by atoms with Crippen LogP contribution in [0.5, 0.6) is 0 Å². The molecule has 9 heteroatoms. The van der Waals surface area contributed by atoms with E-state index in [-0.39, 0.29) is 16.5 Å². The van der Waals surface area contributed by atoms with Gasteiger partial charge in [-0.1, -0.05) is 17.7 Å². The zero-order valence-corrected chi connectivity index (χ0v) is 19.6. The number of hydrogen-bond donors (Lipinski definition) is 1. The number of hydrogen-bond acceptors (Lipinski definition) is 6. The van der Waals surface area contributed by atoms with E-state index in [1.54, 1.807) is 12.4 Å². The van der Waals surface area contributed by atoms with Gasteiger partial charge in [0.25, 0.3) is 0 Å². The highest BCUT2D eigenvalue weighted by atomic mass is 35.5. The molecule has 2 aromatic rings. The molecule has 0 bridgehead atoms. The van der Waals surface area contributed by atoms with Crippen LogP contribution in [0.25, 0.3) is 0 Å². The van der Waals surface area contributed by atoms with Gasteiger partial charge >= 0.3 is 0 Å². The van der Waals surface area contributed by atoms with Crippen molar-refractivity contribution in [3.63, 3.8) is 0 Å². The summed E-state index contributed by atoms with van der Waals surface area (Å²) in [6, 6.07) is 4.66. The number of piperazine rings is 1. The third kappa shape index (κ3) is 4.20. The number of carbonyl (C=O) groups excluding carboxylic acids is 1. The normalized spacial score (nSPS) is 22.6. The van der Waals surface area contributed by atoms with E-state index in [9.17, 15) is 9.18 Å². The number of thioether (sulfide) groups is 1. The van der Waals surface area contributed by atoms with Crippen molar-refractivity contribution in [3.8, 4) is 0 Å². The maximum Gasteiger partial charge on any atom is 0.230 e. The topological polar surface area (TPSA) is 75.4 Å². The van der Waals surface area contributed by atoms with Crippen LogP contribution >= 0.6 is 23.4 Å². The molecule has 1 aromatic carbocycles. The first-order valence-electron chi connectivity index (χ1n) is 11.1. The number of aromatic nitrogens is 2. The fourth-order valence-corrected chi connectivity index (χ4v) is 5.86. The minimum absolute atomic E-state index is 0.0138. The highest BCUT2D eigenvalue weighted by Gasteiger charge is 2.43. The van der Waals surface area contributed by atoms with Gasteiger partial charge in [0.2, 0.25) is 5.91 Å². The second-order valence-corrected chi connectivity index (χ2v) is 10.9. The number of anilines is 1. The smallest absolute Gasteiger partial charge is 0.230 e. The van der Waals surface area contributed by atoms with E-state index in [4.69, 9.17) is 17.3 Å². The summed E-state index contributed by atoms with van der Waals surface area (Å²) in [5, 5.41) is 0.441. The van der Waals surface area contributed by atoms with Gasteiger partial charge in [-0.15, -0.1) is 11.8 Å². The maximum absolute atomic E-state index is 14.2. The van der Waals surface area contributed by atoms with Gasteiger partial charge in [-0.2, -0.15) is 0 Å². The largest absolute Gasteiger partial charge is 0.353 e. The van der Waals surface area contributed by atoms with Gasteiger partial charge < -0.3 is 15.5 Å². The number of rotatable bonds is 5. The summed E-state index contributed by atoms with van der Waals surface area (Å²) >= 11 is 7.75. The summed E-state index contributed by atoms with van der Waals surface area (Å²) in [5.74, 6) is 0.971. The van der Waals surface area contributed by atoms with Crippen molar-refractivity contribution >= 4 is 35.1 Å². The third-order valence-electron chi connectivity index (χ3n) is 6.86. The van der Waals surface area contributed by atoms with E-state index < -0.39 is 11.7 Å². The van der Waals surface area contributed by atoms with E-state index in [1.165, 1.54) is 17.7 Å². The molecular formula is C23H27ClFN5OS. The van der Waals surface area contributed by atoms with Crippen LogP contribution in [0.1, 0.15) is 54.2 Å². The van der Waals surface area contributed by atoms with E-state index >= 15 is 0 Å². The molecule has 1 aromatic heterocycles. The minimum Gasteiger partial charge on any atom is -0.353 e. The molecule has 2 aliphatic heterocycles. The van der Waals surface area contributed by atoms with Gasteiger partial charge in [-0.25, -0.2) is 14.4 Å². The molecule has 1 saturated carbocycles. The fraction of sp³-hybridized carbons (Fsp3) is 0.522. The van der Waals surface area contributed by atoms with Crippen LogP contribution in [-0.4, -0.2) is 52.5 Å². The fourth-order valence-electron chi connectivity index (χ4n) is 4.70. The van der Waals surface area contributed by atoms with E-state index in [0.29, 0.717) is 43.4 Å². The summed E-state index contributed by atoms with van der Waals surface area (Å²) in [7, 11) is 0. The molecule has 6 nitrogen and oxygen atoms in total. The molecule has 2 fully saturated rings. The number of nitrogens with two attached hydrogens (primary N) is 1. The van der Waals surface area contributed by atoms with Crippen molar-refractivity contribution < 1.29 is 9.18 Å². The summed E-state index contributed by atoms with van der Waals surface area (Å²) in [6.45, 7) is 4.82. The Balaban J connectivity index is 1.32. The second kappa shape index (κ2) is 8.47. The highest BCUT2D eigenvalue weighted by Crippen LogP contribution is 2.44. The van der Waals surface area contributed by atoms with Crippen molar-refractivity contribution in [1.82, 2.24) is 14.9 Å². The second-order valence-electron chi connectivity index (χ2n) is 9.12. The minimum atomic E-state index is -0.502. The first-order chi connectivity index (χ1) is 15.3. The number of nitrogens with zero attached hydrogens (tertiary/aromatic N) is 4. The zero-order valence-electron chi connectivity index (χ0n) is 18.1. The third-order valence-corrected chi connectivity index (χ3v) is 8.34. The molecule has 0 radical (unpaired) electrons. The van der Waals surface area contributed by atoms with Gasteiger partial charge in [0.1, 0.15) is 18.0 Å². The summed E-state index contributed by atoms with van der Waals surface area (Å²) in [6.07, 6.45) is 3.97. The van der Waals surface area contributed by atoms with Crippen LogP contribution in [0.2, 0.25) is 5.02 Å². The predicted molar refractivity (Wildman–Crippen MR) is 125 cm³/mol. The molecular weight excluding hydrogens is 449 g/mol. The van der Waals surface area contributed by atoms with Crippen molar-refractivity contribution in [2.24, 2.45) is 5.73 Å². The maximum atomic E-state index is 14.2. The molecule has 3 heterocycles. The van der Waals surface area contributed by atoms with Crippen LogP contribution in [-0.2, 0) is 10.5 Å². The number of fused-ring (bicyclic) bond motifs is 1. The monoisotopic (exact) mass is 475 g/mol. The first-order valence-corrected chi connectivity index (χ1v) is 12.5. The average Bonchev–Trinajstić information content (AvgIpc) is 3.41. The molecule has 0 spiro atoms. The lowest BCUT2D eigenvalue weighted by atomic mass is 9.89. The van der Waals surface area contributed by atoms with Crippen molar-refractivity contribution in [3.05, 3.63) is 52.2 Å². The average molecular weight is 476 g/mol. The molecule has 1 unspecified atom stereocenters. The summed E-state index contributed by atoms with van der Waals surface area (Å²) < 4.78 is 14.2. The molecule has 2 atom stereocenters. The Labute approximate surface area is 196 Å². The van der Waals surface area contributed by atoms with Crippen LogP contribution in [0.4, 0.5) is 10.2 Å². The van der Waals surface area contributed by atoms with Gasteiger partial charge in [0, 0.05) is 48.3 Å². The molecule has 2 N–H and O–H groups in total. The van der Waals surface area contributed by atoms with E-state index in [0.717, 1.165) is 30.1 Å². The van der Waals surface area contributed by atoms with E-state index in [2.05, 4.69) is 21.8 Å². The van der Waals surface area contributed by atoms with Gasteiger partial charge in [0.05, 0.1) is 16.6 Å². The van der Waals surface area contributed by atoms with E-state index in [1.807, 2.05) is 16.7 Å². The Morgan fingerprint density at radius 2 is 2.06 bits per heavy atom. The van der Waals surface area contributed by atoms with Crippen molar-refractivity contribution in [1.29, 1.82) is 0 Å². The van der Waals surface area contributed by atoms with Crippen molar-refractivity contribution in [2.45, 2.75) is 48.6 Å². The Kier molecular flexibility index (Phi) is 5.80. The Bertz CT molecular complexity index is 1040. The number of benzene rings is 1. The van der Waals surface area contributed by atoms with Gasteiger partial charge in [-0.05, 0) is 43.9 Å². The molecule has 3 aliphatic rings. The molecule has 170 valence electrons. The SMILES string of the molecule is C[C@@H]1SCc2ncnc(N3CCN(C(=O)C(CC4(N)CC4)c4ccc(Cl)c(F)c4)CC3)c21. The van der Waals surface area contributed by atoms with Crippen LogP contribution in [0.3, 0.4) is 0 Å². The highest BCUT2D eigenvalue weighted by molar-refractivity contribution is 7.99. The van der Waals surface area contributed by atoms with Crippen molar-refractivity contribution in [2.75, 3.05) is 31.1 Å². The van der Waals surface area contributed by atoms with Crippen LogP contribution in [0, 0.1) is 5.82 Å². The summed E-state index contributed by atoms with van der Waals surface area (Å²) in [5.41, 5.74) is 9.04. The van der Waals surface area contributed by atoms with Gasteiger partial charge in [0.15, 0.2) is 0 Å². The quantitative estimate of drug-likeness (QED) is 0.707. The standard InChI is InChI=1S/C23H27ClFN5OS/c1-14-20-19(12-32-14)27-13-28-21(20)29-6-8-30(9-7-29)22(31)16(11-23(26)4-5-23)15-2-3-17(24)18(25)10-15/h2-3,10,13-14,16H,4-9,11-12,26H2,1H3/t14-,16?/m0/s1. The lowest BCUT2D eigenvalue weighted by molar-refractivity contribution is -0.133. The van der Waals surface area contributed by atoms with Crippen LogP contribution < -0.4 is 10.6 Å². The molecule has 5 rings (SSSR count). The molecule has 32 heavy (non-hydrogen) atoms. The number of carbonyl (C=O) groups is 1. The lowest BCUT2D eigenvalue weighted by Crippen LogP contribution is -2.51. The lowest BCUT2D eigenvalue weighted by Gasteiger charge is -2.38. The zero-order chi connectivity index (χ0) is 22.5.